The molecule has 0 aromatic heterocycles. The second-order valence-electron chi connectivity index (χ2n) is 7.36. The molecule has 0 aliphatic rings. The Morgan fingerprint density at radius 3 is 2.15 bits per heavy atom. The second-order valence-corrected chi connectivity index (χ2v) is 7.36. The van der Waals surface area contributed by atoms with Crippen molar-refractivity contribution in [1.82, 2.24) is 0 Å². The van der Waals surface area contributed by atoms with E-state index < -0.39 is 5.41 Å². The first-order valence-electron chi connectivity index (χ1n) is 7.42. The number of rotatable bonds is 6. The molecule has 0 atom stereocenters. The molecular formula is C18H28O2. The average molecular weight is 276 g/mol. The number of esters is 1. The topological polar surface area (TPSA) is 26.3 Å². The van der Waals surface area contributed by atoms with Crippen LogP contribution in [-0.4, -0.2) is 5.97 Å². The average Bonchev–Trinajstić information content (AvgIpc) is 2.35. The Morgan fingerprint density at radius 1 is 1.00 bits per heavy atom. The summed E-state index contributed by atoms with van der Waals surface area (Å²) < 4.78 is 5.44. The van der Waals surface area contributed by atoms with Gasteiger partial charge in [0.05, 0.1) is 5.41 Å². The van der Waals surface area contributed by atoms with Gasteiger partial charge in [-0.15, -0.1) is 0 Å². The van der Waals surface area contributed by atoms with Crippen molar-refractivity contribution in [3.8, 4) is 0 Å². The van der Waals surface area contributed by atoms with Gasteiger partial charge in [-0.1, -0.05) is 57.5 Å². The zero-order chi connectivity index (χ0) is 15.2. The van der Waals surface area contributed by atoms with Gasteiger partial charge in [0, 0.05) is 0 Å². The lowest BCUT2D eigenvalue weighted by atomic mass is 9.82. The summed E-state index contributed by atoms with van der Waals surface area (Å²) in [6, 6.07) is 9.82. The zero-order valence-electron chi connectivity index (χ0n) is 13.5. The van der Waals surface area contributed by atoms with Crippen LogP contribution in [0.15, 0.2) is 30.3 Å². The molecule has 112 valence electrons. The molecule has 0 amide bonds. The fourth-order valence-corrected chi connectivity index (χ4v) is 2.08. The zero-order valence-corrected chi connectivity index (χ0v) is 13.5. The van der Waals surface area contributed by atoms with E-state index in [0.717, 1.165) is 24.8 Å². The highest BCUT2D eigenvalue weighted by Crippen LogP contribution is 2.29. The molecule has 1 aromatic carbocycles. The Morgan fingerprint density at radius 2 is 1.60 bits per heavy atom. The standard InChI is InChI=1S/C18H28O2/c1-17(2,3)12-9-13-18(4,5)16(19)20-14-15-10-7-6-8-11-15/h6-8,10-11H,9,12-14H2,1-5H3. The summed E-state index contributed by atoms with van der Waals surface area (Å²) in [5.41, 5.74) is 0.954. The van der Waals surface area contributed by atoms with E-state index in [0.29, 0.717) is 12.0 Å². The van der Waals surface area contributed by atoms with Crippen LogP contribution in [0.1, 0.15) is 59.4 Å². The lowest BCUT2D eigenvalue weighted by molar-refractivity contribution is -0.155. The van der Waals surface area contributed by atoms with Gasteiger partial charge in [0.1, 0.15) is 6.61 Å². The van der Waals surface area contributed by atoms with Crippen LogP contribution in [0.3, 0.4) is 0 Å². The Kier molecular flexibility index (Phi) is 5.79. The normalized spacial score (nSPS) is 12.2. The van der Waals surface area contributed by atoms with Crippen LogP contribution in [0.25, 0.3) is 0 Å². The Bertz CT molecular complexity index is 413. The Hall–Kier alpha value is -1.31. The molecule has 2 heteroatoms. The van der Waals surface area contributed by atoms with Crippen molar-refractivity contribution >= 4 is 5.97 Å². The smallest absolute Gasteiger partial charge is 0.311 e. The van der Waals surface area contributed by atoms with Crippen molar-refractivity contribution in [2.75, 3.05) is 0 Å². The Labute approximate surface area is 123 Å². The van der Waals surface area contributed by atoms with Gasteiger partial charge in [-0.05, 0) is 37.7 Å². The molecule has 0 fully saturated rings. The monoisotopic (exact) mass is 276 g/mol. The van der Waals surface area contributed by atoms with Crippen LogP contribution in [0, 0.1) is 10.8 Å². The molecule has 0 aliphatic heterocycles. The van der Waals surface area contributed by atoms with E-state index in [1.165, 1.54) is 0 Å². The summed E-state index contributed by atoms with van der Waals surface area (Å²) in [4.78, 5) is 12.2. The van der Waals surface area contributed by atoms with E-state index in [9.17, 15) is 4.79 Å². The summed E-state index contributed by atoms with van der Waals surface area (Å²) in [6.07, 6.45) is 3.05. The fraction of sp³-hybridized carbons (Fsp3) is 0.611. The maximum Gasteiger partial charge on any atom is 0.311 e. The largest absolute Gasteiger partial charge is 0.460 e. The number of carbonyl (C=O) groups excluding carboxylic acids is 1. The van der Waals surface area contributed by atoms with E-state index in [2.05, 4.69) is 20.8 Å². The van der Waals surface area contributed by atoms with E-state index in [1.54, 1.807) is 0 Å². The minimum Gasteiger partial charge on any atom is -0.460 e. The molecule has 0 bridgehead atoms. The molecule has 1 rings (SSSR count). The fourth-order valence-electron chi connectivity index (χ4n) is 2.08. The third kappa shape index (κ3) is 6.23. The van der Waals surface area contributed by atoms with E-state index >= 15 is 0 Å². The second kappa shape index (κ2) is 6.92. The minimum atomic E-state index is -0.403. The van der Waals surface area contributed by atoms with Crippen LogP contribution < -0.4 is 0 Å². The lowest BCUT2D eigenvalue weighted by Crippen LogP contribution is -2.27. The Balaban J connectivity index is 2.40. The molecule has 0 N–H and O–H groups in total. The van der Waals surface area contributed by atoms with Crippen LogP contribution in [0.4, 0.5) is 0 Å². The number of ether oxygens (including phenoxy) is 1. The van der Waals surface area contributed by atoms with Crippen molar-refractivity contribution < 1.29 is 9.53 Å². The summed E-state index contributed by atoms with van der Waals surface area (Å²) in [7, 11) is 0. The summed E-state index contributed by atoms with van der Waals surface area (Å²) >= 11 is 0. The molecule has 0 unspecified atom stereocenters. The molecule has 2 nitrogen and oxygen atoms in total. The highest BCUT2D eigenvalue weighted by Gasteiger charge is 2.29. The van der Waals surface area contributed by atoms with E-state index in [-0.39, 0.29) is 5.97 Å². The van der Waals surface area contributed by atoms with Gasteiger partial charge >= 0.3 is 5.97 Å². The molecule has 0 saturated carbocycles. The minimum absolute atomic E-state index is 0.102. The first-order chi connectivity index (χ1) is 9.21. The molecule has 0 spiro atoms. The maximum absolute atomic E-state index is 12.2. The van der Waals surface area contributed by atoms with Gasteiger partial charge in [0.2, 0.25) is 0 Å². The molecule has 0 saturated heterocycles. The molecule has 0 aliphatic carbocycles. The SMILES string of the molecule is CC(C)(C)CCCC(C)(C)C(=O)OCc1ccccc1. The summed E-state index contributed by atoms with van der Waals surface area (Å²) in [5, 5.41) is 0. The van der Waals surface area contributed by atoms with Crippen LogP contribution in [-0.2, 0) is 16.1 Å². The van der Waals surface area contributed by atoms with Crippen molar-refractivity contribution in [2.24, 2.45) is 10.8 Å². The van der Waals surface area contributed by atoms with Gasteiger partial charge in [0.25, 0.3) is 0 Å². The van der Waals surface area contributed by atoms with Crippen LogP contribution >= 0.6 is 0 Å². The van der Waals surface area contributed by atoms with Crippen molar-refractivity contribution in [1.29, 1.82) is 0 Å². The quantitative estimate of drug-likeness (QED) is 0.685. The number of carbonyl (C=O) groups is 1. The molecule has 0 radical (unpaired) electrons. The van der Waals surface area contributed by atoms with Gasteiger partial charge in [-0.3, -0.25) is 4.79 Å². The maximum atomic E-state index is 12.2. The van der Waals surface area contributed by atoms with Crippen molar-refractivity contribution in [2.45, 2.75) is 60.5 Å². The van der Waals surface area contributed by atoms with Gasteiger partial charge in [0.15, 0.2) is 0 Å². The highest BCUT2D eigenvalue weighted by atomic mass is 16.5. The van der Waals surface area contributed by atoms with Gasteiger partial charge in [-0.2, -0.15) is 0 Å². The molecule has 20 heavy (non-hydrogen) atoms. The van der Waals surface area contributed by atoms with Crippen molar-refractivity contribution in [3.63, 3.8) is 0 Å². The highest BCUT2D eigenvalue weighted by molar-refractivity contribution is 5.75. The van der Waals surface area contributed by atoms with Crippen LogP contribution in [0.2, 0.25) is 0 Å². The van der Waals surface area contributed by atoms with Gasteiger partial charge in [-0.25, -0.2) is 0 Å². The number of hydrogen-bond donors (Lipinski definition) is 0. The number of benzene rings is 1. The molecule has 0 heterocycles. The van der Waals surface area contributed by atoms with E-state index in [1.807, 2.05) is 44.2 Å². The predicted molar refractivity (Wildman–Crippen MR) is 83.3 cm³/mol. The summed E-state index contributed by atoms with van der Waals surface area (Å²) in [6.45, 7) is 11.0. The summed E-state index contributed by atoms with van der Waals surface area (Å²) in [5.74, 6) is -0.102. The lowest BCUT2D eigenvalue weighted by Gasteiger charge is -2.25. The first kappa shape index (κ1) is 16.7. The van der Waals surface area contributed by atoms with Crippen molar-refractivity contribution in [3.05, 3.63) is 35.9 Å². The third-order valence-corrected chi connectivity index (χ3v) is 3.49. The van der Waals surface area contributed by atoms with Gasteiger partial charge < -0.3 is 4.74 Å². The number of hydrogen-bond acceptors (Lipinski definition) is 2. The third-order valence-electron chi connectivity index (χ3n) is 3.49. The van der Waals surface area contributed by atoms with Crippen LogP contribution in [0.5, 0.6) is 0 Å². The molecule has 1 aromatic rings. The molecular weight excluding hydrogens is 248 g/mol. The first-order valence-corrected chi connectivity index (χ1v) is 7.42. The van der Waals surface area contributed by atoms with E-state index in [4.69, 9.17) is 4.74 Å². The predicted octanol–water partition coefficient (Wildman–Crippen LogP) is 4.97.